The van der Waals surface area contributed by atoms with Gasteiger partial charge in [-0.25, -0.2) is 0 Å². The molecule has 15 heavy (non-hydrogen) atoms. The van der Waals surface area contributed by atoms with Crippen LogP contribution in [0.2, 0.25) is 0 Å². The minimum atomic E-state index is 0.167. The van der Waals surface area contributed by atoms with Crippen molar-refractivity contribution >= 4 is 5.57 Å². The molecule has 0 bridgehead atoms. The molecular weight excluding hydrogens is 188 g/mol. The molecule has 0 amide bonds. The van der Waals surface area contributed by atoms with Crippen LogP contribution in [0.5, 0.6) is 5.75 Å². The highest BCUT2D eigenvalue weighted by Crippen LogP contribution is 2.30. The molecule has 0 saturated heterocycles. The summed E-state index contributed by atoms with van der Waals surface area (Å²) in [5.74, 6) is 0.831. The Bertz CT molecular complexity index is 374. The lowest BCUT2D eigenvalue weighted by Gasteiger charge is -2.18. The van der Waals surface area contributed by atoms with Gasteiger partial charge in [0.05, 0.1) is 7.11 Å². The quantitative estimate of drug-likeness (QED) is 0.801. The average molecular weight is 204 g/mol. The number of aromatic nitrogens is 1. The summed E-state index contributed by atoms with van der Waals surface area (Å²) in [6.45, 7) is 0. The molecule has 0 fully saturated rings. The van der Waals surface area contributed by atoms with Crippen LogP contribution in [0, 0.1) is 0 Å². The Morgan fingerprint density at radius 2 is 2.40 bits per heavy atom. The van der Waals surface area contributed by atoms with Crippen LogP contribution in [-0.4, -0.2) is 18.1 Å². The fraction of sp³-hybridized carbons (Fsp3) is 0.417. The number of nitrogens with two attached hydrogens (primary N) is 1. The molecule has 0 saturated carbocycles. The van der Waals surface area contributed by atoms with Gasteiger partial charge in [0.1, 0.15) is 11.4 Å². The van der Waals surface area contributed by atoms with Crippen LogP contribution in [0.3, 0.4) is 0 Å². The van der Waals surface area contributed by atoms with Crippen molar-refractivity contribution in [2.24, 2.45) is 5.73 Å². The van der Waals surface area contributed by atoms with Crippen molar-refractivity contribution in [3.63, 3.8) is 0 Å². The summed E-state index contributed by atoms with van der Waals surface area (Å²) < 4.78 is 5.29. The summed E-state index contributed by atoms with van der Waals surface area (Å²) in [6, 6.07) is 3.98. The Balaban J connectivity index is 2.36. The molecule has 2 N–H and O–H groups in total. The topological polar surface area (TPSA) is 48.1 Å². The zero-order valence-corrected chi connectivity index (χ0v) is 8.94. The number of methoxy groups -OCH3 is 1. The number of allylic oxidation sites excluding steroid dienone is 1. The van der Waals surface area contributed by atoms with E-state index in [1.54, 1.807) is 13.3 Å². The molecule has 1 aromatic rings. The first-order valence-electron chi connectivity index (χ1n) is 5.27. The summed E-state index contributed by atoms with van der Waals surface area (Å²) in [7, 11) is 1.67. The molecule has 2 rings (SSSR count). The highest BCUT2D eigenvalue weighted by Gasteiger charge is 2.15. The van der Waals surface area contributed by atoms with E-state index in [0.717, 1.165) is 30.7 Å². The van der Waals surface area contributed by atoms with Gasteiger partial charge in [-0.05, 0) is 37.0 Å². The summed E-state index contributed by atoms with van der Waals surface area (Å²) in [5, 5.41) is 0. The van der Waals surface area contributed by atoms with Crippen molar-refractivity contribution < 1.29 is 4.74 Å². The molecule has 3 nitrogen and oxygen atoms in total. The number of ether oxygens (including phenoxy) is 1. The fourth-order valence-electron chi connectivity index (χ4n) is 1.95. The van der Waals surface area contributed by atoms with Gasteiger partial charge < -0.3 is 10.5 Å². The Morgan fingerprint density at radius 1 is 1.53 bits per heavy atom. The molecule has 1 atom stereocenters. The average Bonchev–Trinajstić information content (AvgIpc) is 2.29. The van der Waals surface area contributed by atoms with Crippen molar-refractivity contribution in [2.45, 2.75) is 25.3 Å². The Morgan fingerprint density at radius 3 is 3.13 bits per heavy atom. The molecule has 0 radical (unpaired) electrons. The maximum absolute atomic E-state index is 5.91. The van der Waals surface area contributed by atoms with Crippen LogP contribution in [0.4, 0.5) is 0 Å². The predicted octanol–water partition coefficient (Wildman–Crippen LogP) is 1.98. The first-order valence-corrected chi connectivity index (χ1v) is 5.27. The minimum Gasteiger partial charge on any atom is -0.494 e. The highest BCUT2D eigenvalue weighted by molar-refractivity contribution is 5.68. The lowest BCUT2D eigenvalue weighted by atomic mass is 9.93. The van der Waals surface area contributed by atoms with Crippen LogP contribution in [0.25, 0.3) is 5.57 Å². The summed E-state index contributed by atoms with van der Waals surface area (Å²) in [6.07, 6.45) is 7.14. The van der Waals surface area contributed by atoms with Crippen molar-refractivity contribution in [1.29, 1.82) is 0 Å². The van der Waals surface area contributed by atoms with Gasteiger partial charge in [-0.3, -0.25) is 4.98 Å². The minimum absolute atomic E-state index is 0.167. The third kappa shape index (κ3) is 2.18. The smallest absolute Gasteiger partial charge is 0.144 e. The van der Waals surface area contributed by atoms with E-state index < -0.39 is 0 Å². The van der Waals surface area contributed by atoms with Gasteiger partial charge >= 0.3 is 0 Å². The van der Waals surface area contributed by atoms with Crippen molar-refractivity contribution in [2.75, 3.05) is 7.11 Å². The number of hydrogen-bond acceptors (Lipinski definition) is 3. The lowest BCUT2D eigenvalue weighted by Crippen LogP contribution is -2.20. The third-order valence-electron chi connectivity index (χ3n) is 2.69. The van der Waals surface area contributed by atoms with Crippen LogP contribution in [-0.2, 0) is 0 Å². The fourth-order valence-corrected chi connectivity index (χ4v) is 1.95. The molecule has 1 unspecified atom stereocenters. The van der Waals surface area contributed by atoms with E-state index in [1.165, 1.54) is 5.57 Å². The third-order valence-corrected chi connectivity index (χ3v) is 2.69. The van der Waals surface area contributed by atoms with E-state index >= 15 is 0 Å². The molecule has 80 valence electrons. The van der Waals surface area contributed by atoms with Gasteiger partial charge in [0, 0.05) is 12.2 Å². The zero-order valence-electron chi connectivity index (χ0n) is 8.94. The van der Waals surface area contributed by atoms with Crippen LogP contribution < -0.4 is 10.5 Å². The SMILES string of the molecule is COc1cccnc1C1=CC(N)CCC1. The van der Waals surface area contributed by atoms with Crippen LogP contribution in [0.1, 0.15) is 25.0 Å². The molecule has 1 aliphatic rings. The highest BCUT2D eigenvalue weighted by atomic mass is 16.5. The second-order valence-corrected chi connectivity index (χ2v) is 3.80. The van der Waals surface area contributed by atoms with Gasteiger partial charge in [0.15, 0.2) is 0 Å². The summed E-state index contributed by atoms with van der Waals surface area (Å²) in [4.78, 5) is 4.36. The van der Waals surface area contributed by atoms with E-state index in [2.05, 4.69) is 11.1 Å². The normalized spacial score (nSPS) is 20.9. The van der Waals surface area contributed by atoms with E-state index in [9.17, 15) is 0 Å². The molecule has 0 aromatic carbocycles. The largest absolute Gasteiger partial charge is 0.494 e. The monoisotopic (exact) mass is 204 g/mol. The molecule has 1 aliphatic carbocycles. The Kier molecular flexibility index (Phi) is 3.02. The number of nitrogens with zero attached hydrogens (tertiary/aromatic N) is 1. The predicted molar refractivity (Wildman–Crippen MR) is 60.6 cm³/mol. The molecule has 1 heterocycles. The maximum Gasteiger partial charge on any atom is 0.144 e. The summed E-state index contributed by atoms with van der Waals surface area (Å²) in [5.41, 5.74) is 8.06. The van der Waals surface area contributed by atoms with E-state index in [0.29, 0.717) is 0 Å². The van der Waals surface area contributed by atoms with E-state index in [4.69, 9.17) is 10.5 Å². The number of rotatable bonds is 2. The van der Waals surface area contributed by atoms with Gasteiger partial charge in [0.25, 0.3) is 0 Å². The number of hydrogen-bond donors (Lipinski definition) is 1. The second-order valence-electron chi connectivity index (χ2n) is 3.80. The zero-order chi connectivity index (χ0) is 10.7. The Labute approximate surface area is 90.0 Å². The van der Waals surface area contributed by atoms with Crippen LogP contribution >= 0.6 is 0 Å². The maximum atomic E-state index is 5.91. The first kappa shape index (κ1) is 10.2. The molecule has 3 heteroatoms. The first-order chi connectivity index (χ1) is 7.31. The van der Waals surface area contributed by atoms with Crippen molar-refractivity contribution in [1.82, 2.24) is 4.98 Å². The molecular formula is C12H16N2O. The standard InChI is InChI=1S/C12H16N2O/c1-15-11-6-3-7-14-12(11)9-4-2-5-10(13)8-9/h3,6-8,10H,2,4-5,13H2,1H3. The molecule has 0 aliphatic heterocycles. The second kappa shape index (κ2) is 4.45. The number of pyridine rings is 1. The van der Waals surface area contributed by atoms with Gasteiger partial charge in [-0.15, -0.1) is 0 Å². The molecule has 0 spiro atoms. The van der Waals surface area contributed by atoms with Gasteiger partial charge in [-0.2, -0.15) is 0 Å². The molecule has 1 aromatic heterocycles. The van der Waals surface area contributed by atoms with E-state index in [-0.39, 0.29) is 6.04 Å². The van der Waals surface area contributed by atoms with Gasteiger partial charge in [0.2, 0.25) is 0 Å². The lowest BCUT2D eigenvalue weighted by molar-refractivity contribution is 0.411. The van der Waals surface area contributed by atoms with Gasteiger partial charge in [-0.1, -0.05) is 6.08 Å². The van der Waals surface area contributed by atoms with E-state index in [1.807, 2.05) is 12.1 Å². The summed E-state index contributed by atoms with van der Waals surface area (Å²) >= 11 is 0. The Hall–Kier alpha value is -1.35. The van der Waals surface area contributed by atoms with Crippen LogP contribution in [0.15, 0.2) is 24.4 Å². The van der Waals surface area contributed by atoms with Crippen molar-refractivity contribution in [3.8, 4) is 5.75 Å². The van der Waals surface area contributed by atoms with Crippen molar-refractivity contribution in [3.05, 3.63) is 30.1 Å².